The van der Waals surface area contributed by atoms with Crippen LogP contribution in [0.1, 0.15) is 34.6 Å². The number of fused-ring (bicyclic) bond motifs is 1. The van der Waals surface area contributed by atoms with E-state index in [4.69, 9.17) is 9.47 Å². The van der Waals surface area contributed by atoms with E-state index in [1.54, 1.807) is 14.2 Å². The molecule has 3 rings (SSSR count). The van der Waals surface area contributed by atoms with E-state index >= 15 is 0 Å². The molecule has 4 heteroatoms. The highest BCUT2D eigenvalue weighted by Crippen LogP contribution is 2.41. The number of ether oxygens (including phenoxy) is 2. The first-order chi connectivity index (χ1) is 11.0. The second kappa shape index (κ2) is 5.95. The minimum absolute atomic E-state index is 0.0258. The number of anilines is 1. The van der Waals surface area contributed by atoms with Crippen molar-refractivity contribution in [3.8, 4) is 11.5 Å². The molecule has 1 N–H and O–H groups in total. The van der Waals surface area contributed by atoms with Gasteiger partial charge in [-0.15, -0.1) is 0 Å². The maximum atomic E-state index is 12.2. The lowest BCUT2D eigenvalue weighted by molar-refractivity contribution is -0.116. The zero-order valence-corrected chi connectivity index (χ0v) is 13.9. The van der Waals surface area contributed by atoms with Crippen LogP contribution in [0.25, 0.3) is 0 Å². The van der Waals surface area contributed by atoms with Crippen molar-refractivity contribution < 1.29 is 14.3 Å². The molecule has 1 amide bonds. The Balaban J connectivity index is 2.11. The van der Waals surface area contributed by atoms with Crippen LogP contribution in [0.4, 0.5) is 5.69 Å². The number of methoxy groups -OCH3 is 2. The second-order valence-electron chi connectivity index (χ2n) is 5.89. The summed E-state index contributed by atoms with van der Waals surface area (Å²) >= 11 is 0. The molecule has 23 heavy (non-hydrogen) atoms. The lowest BCUT2D eigenvalue weighted by atomic mass is 9.83. The predicted octanol–water partition coefficient (Wildman–Crippen LogP) is 3.79. The van der Waals surface area contributed by atoms with Crippen molar-refractivity contribution in [2.45, 2.75) is 26.2 Å². The quantitative estimate of drug-likeness (QED) is 0.938. The molecule has 0 aliphatic carbocycles. The second-order valence-corrected chi connectivity index (χ2v) is 5.89. The molecule has 2 aromatic rings. The fourth-order valence-corrected chi connectivity index (χ4v) is 3.15. The minimum Gasteiger partial charge on any atom is -0.493 e. The topological polar surface area (TPSA) is 47.6 Å². The summed E-state index contributed by atoms with van der Waals surface area (Å²) in [6.45, 7) is 4.10. The normalized spacial score (nSPS) is 16.5. The molecule has 0 saturated heterocycles. The summed E-state index contributed by atoms with van der Waals surface area (Å²) in [7, 11) is 3.24. The van der Waals surface area contributed by atoms with Gasteiger partial charge in [-0.2, -0.15) is 0 Å². The first-order valence-corrected chi connectivity index (χ1v) is 7.67. The Kier molecular flexibility index (Phi) is 3.99. The average molecular weight is 311 g/mol. The molecule has 0 saturated carbocycles. The Labute approximate surface area is 136 Å². The van der Waals surface area contributed by atoms with Crippen LogP contribution in [0.3, 0.4) is 0 Å². The Hall–Kier alpha value is -2.49. The number of amides is 1. The number of hydrogen-bond acceptors (Lipinski definition) is 3. The lowest BCUT2D eigenvalue weighted by Gasteiger charge is -2.28. The number of carbonyl (C=O) groups is 1. The van der Waals surface area contributed by atoms with Gasteiger partial charge >= 0.3 is 0 Å². The van der Waals surface area contributed by atoms with Crippen molar-refractivity contribution in [2.75, 3.05) is 19.5 Å². The zero-order chi connectivity index (χ0) is 16.6. The summed E-state index contributed by atoms with van der Waals surface area (Å²) in [4.78, 5) is 12.2. The van der Waals surface area contributed by atoms with E-state index in [2.05, 4.69) is 24.4 Å². The van der Waals surface area contributed by atoms with Crippen LogP contribution in [-0.4, -0.2) is 20.1 Å². The SMILES string of the molecule is COc1ccc([C@@H]2CC(=O)Nc3c2ccc(C)c3C)cc1OC. The Morgan fingerprint density at radius 3 is 2.48 bits per heavy atom. The maximum Gasteiger partial charge on any atom is 0.225 e. The molecule has 1 aliphatic rings. The van der Waals surface area contributed by atoms with Crippen LogP contribution in [0.15, 0.2) is 30.3 Å². The van der Waals surface area contributed by atoms with E-state index in [1.807, 2.05) is 25.1 Å². The van der Waals surface area contributed by atoms with Crippen LogP contribution in [0.5, 0.6) is 11.5 Å². The molecular formula is C19H21NO3. The van der Waals surface area contributed by atoms with Gasteiger partial charge in [-0.25, -0.2) is 0 Å². The van der Waals surface area contributed by atoms with Gasteiger partial charge in [0.25, 0.3) is 0 Å². The molecule has 0 fully saturated rings. The van der Waals surface area contributed by atoms with E-state index in [-0.39, 0.29) is 11.8 Å². The molecule has 120 valence electrons. The summed E-state index contributed by atoms with van der Waals surface area (Å²) in [6.07, 6.45) is 0.436. The molecule has 4 nitrogen and oxygen atoms in total. The van der Waals surface area contributed by atoms with Crippen molar-refractivity contribution in [1.82, 2.24) is 0 Å². The summed E-state index contributed by atoms with van der Waals surface area (Å²) < 4.78 is 10.7. The van der Waals surface area contributed by atoms with Crippen LogP contribution >= 0.6 is 0 Å². The third-order valence-electron chi connectivity index (χ3n) is 4.61. The summed E-state index contributed by atoms with van der Waals surface area (Å²) in [5.74, 6) is 1.45. The Morgan fingerprint density at radius 1 is 1.04 bits per heavy atom. The molecule has 1 atom stereocenters. The van der Waals surface area contributed by atoms with E-state index in [0.717, 1.165) is 22.4 Å². The molecule has 2 aromatic carbocycles. The van der Waals surface area contributed by atoms with Gasteiger partial charge in [0, 0.05) is 18.0 Å². The first kappa shape index (κ1) is 15.4. The molecule has 0 radical (unpaired) electrons. The smallest absolute Gasteiger partial charge is 0.225 e. The van der Waals surface area contributed by atoms with E-state index in [9.17, 15) is 4.79 Å². The fourth-order valence-electron chi connectivity index (χ4n) is 3.15. The van der Waals surface area contributed by atoms with Crippen molar-refractivity contribution in [3.05, 3.63) is 52.6 Å². The van der Waals surface area contributed by atoms with Gasteiger partial charge in [0.1, 0.15) is 0 Å². The molecule has 1 aliphatic heterocycles. The molecule has 0 unspecified atom stereocenters. The summed E-state index contributed by atoms with van der Waals surface area (Å²) in [6, 6.07) is 10.1. The first-order valence-electron chi connectivity index (χ1n) is 7.67. The molecule has 0 spiro atoms. The minimum atomic E-state index is 0.0258. The Bertz CT molecular complexity index is 767. The molecular weight excluding hydrogens is 290 g/mol. The van der Waals surface area contributed by atoms with Gasteiger partial charge in [-0.05, 0) is 48.2 Å². The van der Waals surface area contributed by atoms with Crippen molar-refractivity contribution in [3.63, 3.8) is 0 Å². The molecule has 0 aromatic heterocycles. The van der Waals surface area contributed by atoms with Gasteiger partial charge in [0.05, 0.1) is 14.2 Å². The number of nitrogens with one attached hydrogen (secondary N) is 1. The van der Waals surface area contributed by atoms with Gasteiger partial charge in [0.2, 0.25) is 5.91 Å². The van der Waals surface area contributed by atoms with Gasteiger partial charge in [0.15, 0.2) is 11.5 Å². The Morgan fingerprint density at radius 2 is 1.78 bits per heavy atom. The predicted molar refractivity (Wildman–Crippen MR) is 90.6 cm³/mol. The van der Waals surface area contributed by atoms with E-state index in [0.29, 0.717) is 17.9 Å². The fraction of sp³-hybridized carbons (Fsp3) is 0.316. The van der Waals surface area contributed by atoms with Gasteiger partial charge in [-0.1, -0.05) is 18.2 Å². The molecule has 0 bridgehead atoms. The number of aryl methyl sites for hydroxylation is 1. The highest BCUT2D eigenvalue weighted by Gasteiger charge is 2.28. The van der Waals surface area contributed by atoms with Crippen molar-refractivity contribution in [2.24, 2.45) is 0 Å². The zero-order valence-electron chi connectivity index (χ0n) is 13.9. The largest absolute Gasteiger partial charge is 0.493 e. The summed E-state index contributed by atoms with van der Waals surface area (Å²) in [5.41, 5.74) is 5.46. The number of carbonyl (C=O) groups excluding carboxylic acids is 1. The van der Waals surface area contributed by atoms with Gasteiger partial charge < -0.3 is 14.8 Å². The van der Waals surface area contributed by atoms with Crippen LogP contribution in [0, 0.1) is 13.8 Å². The van der Waals surface area contributed by atoms with E-state index < -0.39 is 0 Å². The van der Waals surface area contributed by atoms with Crippen LogP contribution in [-0.2, 0) is 4.79 Å². The molecule has 1 heterocycles. The van der Waals surface area contributed by atoms with Crippen molar-refractivity contribution in [1.29, 1.82) is 0 Å². The van der Waals surface area contributed by atoms with Gasteiger partial charge in [-0.3, -0.25) is 4.79 Å². The lowest BCUT2D eigenvalue weighted by Crippen LogP contribution is -2.24. The third kappa shape index (κ3) is 2.65. The average Bonchev–Trinajstić information content (AvgIpc) is 2.57. The number of hydrogen-bond donors (Lipinski definition) is 1. The van der Waals surface area contributed by atoms with Crippen molar-refractivity contribution >= 4 is 11.6 Å². The summed E-state index contributed by atoms with van der Waals surface area (Å²) in [5, 5.41) is 3.03. The maximum absolute atomic E-state index is 12.2. The number of benzene rings is 2. The van der Waals surface area contributed by atoms with Crippen LogP contribution < -0.4 is 14.8 Å². The third-order valence-corrected chi connectivity index (χ3v) is 4.61. The van der Waals surface area contributed by atoms with Crippen LogP contribution in [0.2, 0.25) is 0 Å². The standard InChI is InChI=1S/C19H21NO3/c1-11-5-7-14-15(10-18(21)20-19(14)12(11)2)13-6-8-16(22-3)17(9-13)23-4/h5-9,15H,10H2,1-4H3,(H,20,21)/t15-/m0/s1. The monoisotopic (exact) mass is 311 g/mol. The highest BCUT2D eigenvalue weighted by atomic mass is 16.5. The highest BCUT2D eigenvalue weighted by molar-refractivity contribution is 5.96. The number of rotatable bonds is 3. The van der Waals surface area contributed by atoms with E-state index in [1.165, 1.54) is 5.56 Å².